The molecule has 118 valence electrons. The van der Waals surface area contributed by atoms with E-state index < -0.39 is 0 Å². The second-order valence-electron chi connectivity index (χ2n) is 7.48. The van der Waals surface area contributed by atoms with Gasteiger partial charge in [-0.3, -0.25) is 9.80 Å². The topological polar surface area (TPSA) is 35.7 Å². The van der Waals surface area contributed by atoms with Gasteiger partial charge < -0.3 is 10.6 Å². The van der Waals surface area contributed by atoms with E-state index in [-0.39, 0.29) is 5.54 Å². The van der Waals surface area contributed by atoms with E-state index >= 15 is 0 Å². The molecule has 0 aromatic heterocycles. The van der Waals surface area contributed by atoms with Crippen molar-refractivity contribution in [3.63, 3.8) is 0 Å². The minimum Gasteiger partial charge on any atom is -0.324 e. The van der Waals surface area contributed by atoms with Gasteiger partial charge in [0.25, 0.3) is 0 Å². The van der Waals surface area contributed by atoms with E-state index in [9.17, 15) is 0 Å². The summed E-state index contributed by atoms with van der Waals surface area (Å²) < 4.78 is 0. The molecule has 0 spiro atoms. The van der Waals surface area contributed by atoms with Crippen LogP contribution in [0.4, 0.5) is 0 Å². The summed E-state index contributed by atoms with van der Waals surface area (Å²) in [5.41, 5.74) is 6.74. The lowest BCUT2D eigenvalue weighted by atomic mass is 9.76. The van der Waals surface area contributed by atoms with E-state index in [1.54, 1.807) is 0 Å². The van der Waals surface area contributed by atoms with E-state index in [1.165, 1.54) is 65.0 Å². The summed E-state index contributed by atoms with van der Waals surface area (Å²) in [6.45, 7) is 10.6. The number of hydrogen-bond acceptors (Lipinski definition) is 4. The fourth-order valence-corrected chi connectivity index (χ4v) is 3.80. The van der Waals surface area contributed by atoms with Gasteiger partial charge in [-0.05, 0) is 32.9 Å². The molecule has 0 amide bonds. The lowest BCUT2D eigenvalue weighted by molar-refractivity contribution is 0.0879. The van der Waals surface area contributed by atoms with Crippen LogP contribution >= 0.6 is 0 Å². The molecule has 2 atom stereocenters. The summed E-state index contributed by atoms with van der Waals surface area (Å²) >= 11 is 0. The first kappa shape index (κ1) is 16.2. The van der Waals surface area contributed by atoms with Crippen LogP contribution in [-0.2, 0) is 0 Å². The maximum atomic E-state index is 6.65. The quantitative estimate of drug-likeness (QED) is 0.818. The fourth-order valence-electron chi connectivity index (χ4n) is 3.80. The van der Waals surface area contributed by atoms with E-state index in [2.05, 4.69) is 35.7 Å². The molecule has 1 aliphatic heterocycles. The van der Waals surface area contributed by atoms with Gasteiger partial charge in [0, 0.05) is 51.4 Å². The zero-order valence-corrected chi connectivity index (χ0v) is 13.8. The standard InChI is InChI=1S/C16H34N4/c1-15-5-4-6-16(17,13-15)14-20-11-9-19(10-12-20)8-7-18(2)3/h15H,4-14,17H2,1-3H3. The van der Waals surface area contributed by atoms with Crippen LogP contribution in [0.2, 0.25) is 0 Å². The van der Waals surface area contributed by atoms with Gasteiger partial charge in [0.05, 0.1) is 0 Å². The Morgan fingerprint density at radius 3 is 2.40 bits per heavy atom. The minimum absolute atomic E-state index is 0.0868. The normalized spacial score (nSPS) is 33.8. The molecule has 0 bridgehead atoms. The van der Waals surface area contributed by atoms with Gasteiger partial charge in [-0.15, -0.1) is 0 Å². The highest BCUT2D eigenvalue weighted by Crippen LogP contribution is 2.31. The van der Waals surface area contributed by atoms with Crippen LogP contribution in [0, 0.1) is 5.92 Å². The predicted octanol–water partition coefficient (Wildman–Crippen LogP) is 1.07. The molecule has 2 fully saturated rings. The molecule has 2 unspecified atom stereocenters. The van der Waals surface area contributed by atoms with Crippen LogP contribution < -0.4 is 5.73 Å². The molecule has 1 aliphatic carbocycles. The first-order valence-electron chi connectivity index (χ1n) is 8.35. The van der Waals surface area contributed by atoms with Crippen molar-refractivity contribution in [3.05, 3.63) is 0 Å². The Kier molecular flexibility index (Phi) is 5.84. The Morgan fingerprint density at radius 2 is 1.80 bits per heavy atom. The largest absolute Gasteiger partial charge is 0.324 e. The fraction of sp³-hybridized carbons (Fsp3) is 1.00. The molecule has 1 saturated heterocycles. The third-order valence-electron chi connectivity index (χ3n) is 4.99. The van der Waals surface area contributed by atoms with Crippen LogP contribution in [0.5, 0.6) is 0 Å². The van der Waals surface area contributed by atoms with E-state index in [1.807, 2.05) is 0 Å². The average molecular weight is 282 g/mol. The highest BCUT2D eigenvalue weighted by atomic mass is 15.3. The summed E-state index contributed by atoms with van der Waals surface area (Å²) in [5, 5.41) is 0. The molecule has 20 heavy (non-hydrogen) atoms. The number of rotatable bonds is 5. The van der Waals surface area contributed by atoms with Crippen LogP contribution in [0.1, 0.15) is 32.6 Å². The molecule has 2 N–H and O–H groups in total. The van der Waals surface area contributed by atoms with Crippen molar-refractivity contribution in [1.82, 2.24) is 14.7 Å². The van der Waals surface area contributed by atoms with Crippen LogP contribution in [0.3, 0.4) is 0 Å². The molecule has 2 aliphatic rings. The van der Waals surface area contributed by atoms with Crippen molar-refractivity contribution in [2.24, 2.45) is 11.7 Å². The van der Waals surface area contributed by atoms with Crippen LogP contribution in [0.15, 0.2) is 0 Å². The molecule has 0 aromatic carbocycles. The molecule has 1 heterocycles. The third kappa shape index (κ3) is 4.99. The van der Waals surface area contributed by atoms with Crippen molar-refractivity contribution in [1.29, 1.82) is 0 Å². The van der Waals surface area contributed by atoms with Gasteiger partial charge in [-0.1, -0.05) is 19.8 Å². The molecule has 0 radical (unpaired) electrons. The molecular formula is C16H34N4. The van der Waals surface area contributed by atoms with Gasteiger partial charge in [0.15, 0.2) is 0 Å². The monoisotopic (exact) mass is 282 g/mol. The molecule has 1 saturated carbocycles. The number of likely N-dealkylation sites (N-methyl/N-ethyl adjacent to an activating group) is 1. The lowest BCUT2D eigenvalue weighted by Crippen LogP contribution is -2.57. The van der Waals surface area contributed by atoms with Gasteiger partial charge in [-0.25, -0.2) is 0 Å². The first-order valence-corrected chi connectivity index (χ1v) is 8.35. The highest BCUT2D eigenvalue weighted by Gasteiger charge is 2.33. The van der Waals surface area contributed by atoms with Crippen LogP contribution in [0.25, 0.3) is 0 Å². The highest BCUT2D eigenvalue weighted by molar-refractivity contribution is 4.93. The summed E-state index contributed by atoms with van der Waals surface area (Å²) in [7, 11) is 4.30. The van der Waals surface area contributed by atoms with Gasteiger partial charge in [0.2, 0.25) is 0 Å². The summed E-state index contributed by atoms with van der Waals surface area (Å²) in [6, 6.07) is 0. The smallest absolute Gasteiger partial charge is 0.0285 e. The molecule has 4 heteroatoms. The van der Waals surface area contributed by atoms with Gasteiger partial charge in [-0.2, -0.15) is 0 Å². The Labute approximate surface area is 125 Å². The van der Waals surface area contributed by atoms with Crippen LogP contribution in [-0.4, -0.2) is 80.1 Å². The zero-order valence-electron chi connectivity index (χ0n) is 13.8. The van der Waals surface area contributed by atoms with Crippen molar-refractivity contribution >= 4 is 0 Å². The Balaban J connectivity index is 1.71. The SMILES string of the molecule is CC1CCCC(N)(CN2CCN(CCN(C)C)CC2)C1. The van der Waals surface area contributed by atoms with Crippen molar-refractivity contribution < 1.29 is 0 Å². The average Bonchev–Trinajstić information content (AvgIpc) is 2.37. The van der Waals surface area contributed by atoms with E-state index in [0.717, 1.165) is 12.5 Å². The Hall–Kier alpha value is -0.160. The number of hydrogen-bond donors (Lipinski definition) is 1. The Bertz CT molecular complexity index is 286. The van der Waals surface area contributed by atoms with Crippen molar-refractivity contribution in [3.8, 4) is 0 Å². The van der Waals surface area contributed by atoms with E-state index in [4.69, 9.17) is 5.73 Å². The maximum Gasteiger partial charge on any atom is 0.0285 e. The lowest BCUT2D eigenvalue weighted by Gasteiger charge is -2.43. The third-order valence-corrected chi connectivity index (χ3v) is 4.99. The van der Waals surface area contributed by atoms with E-state index in [0.29, 0.717) is 0 Å². The number of nitrogens with zero attached hydrogens (tertiary/aromatic N) is 3. The summed E-state index contributed by atoms with van der Waals surface area (Å²) in [5.74, 6) is 0.815. The first-order chi connectivity index (χ1) is 9.47. The Morgan fingerprint density at radius 1 is 1.15 bits per heavy atom. The minimum atomic E-state index is 0.0868. The molecule has 2 rings (SSSR count). The zero-order chi connectivity index (χ0) is 14.6. The summed E-state index contributed by atoms with van der Waals surface area (Å²) in [6.07, 6.45) is 5.13. The predicted molar refractivity (Wildman–Crippen MR) is 86.0 cm³/mol. The second kappa shape index (κ2) is 7.21. The van der Waals surface area contributed by atoms with Crippen molar-refractivity contribution in [2.45, 2.75) is 38.1 Å². The maximum absolute atomic E-state index is 6.65. The number of piperazine rings is 1. The second-order valence-corrected chi connectivity index (χ2v) is 7.48. The molecule has 4 nitrogen and oxygen atoms in total. The van der Waals surface area contributed by atoms with Gasteiger partial charge in [0.1, 0.15) is 0 Å². The number of nitrogens with two attached hydrogens (primary N) is 1. The molecular weight excluding hydrogens is 248 g/mol. The summed E-state index contributed by atoms with van der Waals surface area (Å²) in [4.78, 5) is 7.46. The van der Waals surface area contributed by atoms with Gasteiger partial charge >= 0.3 is 0 Å². The molecule has 0 aromatic rings. The van der Waals surface area contributed by atoms with Crippen molar-refractivity contribution in [2.75, 3.05) is 59.9 Å².